The monoisotopic (exact) mass is 341 g/mol. The third kappa shape index (κ3) is 3.70. The van der Waals surface area contributed by atoms with Gasteiger partial charge in [0, 0.05) is 23.8 Å². The Hall–Kier alpha value is -3.93. The molecule has 0 aromatic heterocycles. The molecule has 0 amide bonds. The molecule has 0 heterocycles. The molecule has 0 aliphatic heterocycles. The first-order valence-electron chi connectivity index (χ1n) is 6.79. The molecule has 0 saturated carbocycles. The average molecular weight is 341 g/mol. The summed E-state index contributed by atoms with van der Waals surface area (Å²) in [6.45, 7) is 0. The molecule has 0 spiro atoms. The maximum absolute atomic E-state index is 11.0. The van der Waals surface area contributed by atoms with E-state index in [-0.39, 0.29) is 34.0 Å². The lowest BCUT2D eigenvalue weighted by atomic mass is 10.0. The van der Waals surface area contributed by atoms with Gasteiger partial charge in [-0.1, -0.05) is 0 Å². The van der Waals surface area contributed by atoms with Gasteiger partial charge in [0.15, 0.2) is 11.5 Å². The molecule has 0 bridgehead atoms. The Labute approximate surface area is 141 Å². The Morgan fingerprint density at radius 1 is 1.16 bits per heavy atom. The van der Waals surface area contributed by atoms with Crippen molar-refractivity contribution in [3.05, 3.63) is 67.8 Å². The lowest BCUT2D eigenvalue weighted by Crippen LogP contribution is -1.93. The highest BCUT2D eigenvalue weighted by Crippen LogP contribution is 2.36. The van der Waals surface area contributed by atoms with Crippen molar-refractivity contribution < 1.29 is 19.7 Å². The van der Waals surface area contributed by atoms with Gasteiger partial charge in [-0.2, -0.15) is 5.26 Å². The van der Waals surface area contributed by atoms with E-state index < -0.39 is 9.85 Å². The Morgan fingerprint density at radius 2 is 1.76 bits per heavy atom. The highest BCUT2D eigenvalue weighted by molar-refractivity contribution is 5.91. The minimum Gasteiger partial charge on any atom is -0.504 e. The van der Waals surface area contributed by atoms with E-state index in [4.69, 9.17) is 4.74 Å². The molecule has 9 heteroatoms. The number of ether oxygens (including phenoxy) is 1. The molecule has 126 valence electrons. The molecule has 9 nitrogen and oxygen atoms in total. The quantitative estimate of drug-likeness (QED) is 0.381. The Bertz CT molecular complexity index is 913. The Morgan fingerprint density at radius 3 is 2.24 bits per heavy atom. The normalized spacial score (nSPS) is 10.8. The number of nitro benzene ring substituents is 2. The fourth-order valence-corrected chi connectivity index (χ4v) is 2.08. The third-order valence-electron chi connectivity index (χ3n) is 3.33. The number of phenolic OH excluding ortho intramolecular Hbond substituents is 1. The van der Waals surface area contributed by atoms with Crippen LogP contribution in [0.3, 0.4) is 0 Å². The highest BCUT2D eigenvalue weighted by atomic mass is 16.6. The minimum absolute atomic E-state index is 0.0148. The first-order chi connectivity index (χ1) is 11.9. The molecule has 0 atom stereocenters. The van der Waals surface area contributed by atoms with Crippen LogP contribution >= 0.6 is 0 Å². The van der Waals surface area contributed by atoms with Crippen LogP contribution in [-0.2, 0) is 0 Å². The van der Waals surface area contributed by atoms with Gasteiger partial charge in [0.05, 0.1) is 34.7 Å². The van der Waals surface area contributed by atoms with Crippen molar-refractivity contribution in [1.82, 2.24) is 0 Å². The molecule has 0 fully saturated rings. The lowest BCUT2D eigenvalue weighted by Gasteiger charge is -2.07. The van der Waals surface area contributed by atoms with Gasteiger partial charge < -0.3 is 9.84 Å². The summed E-state index contributed by atoms with van der Waals surface area (Å²) in [6.07, 6.45) is 1.24. The molecule has 0 unspecified atom stereocenters. The van der Waals surface area contributed by atoms with Crippen LogP contribution in [0.5, 0.6) is 11.5 Å². The van der Waals surface area contributed by atoms with Gasteiger partial charge in [0.1, 0.15) is 0 Å². The van der Waals surface area contributed by atoms with Gasteiger partial charge in [0.2, 0.25) is 0 Å². The van der Waals surface area contributed by atoms with Crippen molar-refractivity contribution in [2.45, 2.75) is 0 Å². The smallest absolute Gasteiger partial charge is 0.274 e. The van der Waals surface area contributed by atoms with Crippen LogP contribution in [0.4, 0.5) is 11.4 Å². The molecule has 0 saturated heterocycles. The number of aromatic hydroxyl groups is 1. The van der Waals surface area contributed by atoms with E-state index in [0.29, 0.717) is 5.56 Å². The molecule has 0 radical (unpaired) electrons. The summed E-state index contributed by atoms with van der Waals surface area (Å²) in [5.74, 6) is -0.468. The van der Waals surface area contributed by atoms with E-state index in [0.717, 1.165) is 12.1 Å². The number of methoxy groups -OCH3 is 1. The second-order valence-electron chi connectivity index (χ2n) is 4.82. The van der Waals surface area contributed by atoms with E-state index in [1.807, 2.05) is 6.07 Å². The number of non-ortho nitro benzene ring substituents is 2. The Kier molecular flexibility index (Phi) is 4.95. The molecule has 0 aliphatic carbocycles. The van der Waals surface area contributed by atoms with Crippen LogP contribution in [0, 0.1) is 31.6 Å². The Balaban J connectivity index is 2.56. The van der Waals surface area contributed by atoms with Crippen molar-refractivity contribution in [1.29, 1.82) is 5.26 Å². The van der Waals surface area contributed by atoms with E-state index in [1.54, 1.807) is 0 Å². The van der Waals surface area contributed by atoms with E-state index in [9.17, 15) is 30.6 Å². The highest BCUT2D eigenvalue weighted by Gasteiger charge is 2.17. The predicted octanol–water partition coefficient (Wildman–Crippen LogP) is 3.28. The van der Waals surface area contributed by atoms with Crippen molar-refractivity contribution >= 4 is 23.0 Å². The first kappa shape index (κ1) is 17.4. The summed E-state index contributed by atoms with van der Waals surface area (Å²) >= 11 is 0. The number of phenols is 1. The number of rotatable bonds is 5. The van der Waals surface area contributed by atoms with E-state index in [1.165, 1.54) is 37.5 Å². The first-order valence-corrected chi connectivity index (χ1v) is 6.79. The second-order valence-corrected chi connectivity index (χ2v) is 4.82. The van der Waals surface area contributed by atoms with Gasteiger partial charge in [0.25, 0.3) is 11.4 Å². The van der Waals surface area contributed by atoms with Crippen LogP contribution in [-0.4, -0.2) is 22.1 Å². The maximum Gasteiger partial charge on any atom is 0.274 e. The standard InChI is InChI=1S/C16H11N3O6/c1-25-15-8-14(19(23)24)7-11(16(15)20)6-12(9-17)10-2-4-13(5-3-10)18(21)22/h2-8,20H,1H3/b12-6-. The van der Waals surface area contributed by atoms with Gasteiger partial charge >= 0.3 is 0 Å². The number of benzene rings is 2. The van der Waals surface area contributed by atoms with Gasteiger partial charge in [-0.25, -0.2) is 0 Å². The van der Waals surface area contributed by atoms with Crippen LogP contribution in [0.2, 0.25) is 0 Å². The van der Waals surface area contributed by atoms with Gasteiger partial charge in [-0.05, 0) is 23.8 Å². The topological polar surface area (TPSA) is 140 Å². The van der Waals surface area contributed by atoms with E-state index >= 15 is 0 Å². The van der Waals surface area contributed by atoms with E-state index in [2.05, 4.69) is 0 Å². The van der Waals surface area contributed by atoms with Crippen molar-refractivity contribution in [3.8, 4) is 17.6 Å². The average Bonchev–Trinajstić information content (AvgIpc) is 2.60. The third-order valence-corrected chi connectivity index (χ3v) is 3.33. The molecule has 2 aromatic rings. The SMILES string of the molecule is COc1cc([N+](=O)[O-])cc(/C=C(/C#N)c2ccc([N+](=O)[O-])cc2)c1O. The molecule has 2 rings (SSSR count). The molecular formula is C16H11N3O6. The fourth-order valence-electron chi connectivity index (χ4n) is 2.08. The van der Waals surface area contributed by atoms with Crippen LogP contribution < -0.4 is 4.74 Å². The number of allylic oxidation sites excluding steroid dienone is 1. The molecule has 0 aliphatic rings. The summed E-state index contributed by atoms with van der Waals surface area (Å²) in [6, 6.07) is 9.27. The molecule has 25 heavy (non-hydrogen) atoms. The van der Waals surface area contributed by atoms with Crippen molar-refractivity contribution in [2.75, 3.05) is 7.11 Å². The summed E-state index contributed by atoms with van der Waals surface area (Å²) < 4.78 is 4.90. The summed E-state index contributed by atoms with van der Waals surface area (Å²) in [5, 5.41) is 41.1. The van der Waals surface area contributed by atoms with Crippen LogP contribution in [0.25, 0.3) is 11.6 Å². The van der Waals surface area contributed by atoms with Crippen molar-refractivity contribution in [2.24, 2.45) is 0 Å². The maximum atomic E-state index is 11.0. The number of nitro groups is 2. The predicted molar refractivity (Wildman–Crippen MR) is 87.9 cm³/mol. The van der Waals surface area contributed by atoms with Crippen LogP contribution in [0.15, 0.2) is 36.4 Å². The minimum atomic E-state index is -0.656. The zero-order chi connectivity index (χ0) is 18.6. The molecule has 2 aromatic carbocycles. The largest absolute Gasteiger partial charge is 0.504 e. The summed E-state index contributed by atoms with van der Waals surface area (Å²) in [4.78, 5) is 20.4. The number of nitriles is 1. The summed E-state index contributed by atoms with van der Waals surface area (Å²) in [7, 11) is 1.24. The van der Waals surface area contributed by atoms with Crippen LogP contribution in [0.1, 0.15) is 11.1 Å². The van der Waals surface area contributed by atoms with Gasteiger partial charge in [-0.15, -0.1) is 0 Å². The zero-order valence-electron chi connectivity index (χ0n) is 12.9. The lowest BCUT2D eigenvalue weighted by molar-refractivity contribution is -0.385. The fraction of sp³-hybridized carbons (Fsp3) is 0.0625. The number of hydrogen-bond acceptors (Lipinski definition) is 7. The van der Waals surface area contributed by atoms with Gasteiger partial charge in [-0.3, -0.25) is 20.2 Å². The summed E-state index contributed by atoms with van der Waals surface area (Å²) in [5.41, 5.74) is -0.0190. The molecule has 1 N–H and O–H groups in total. The van der Waals surface area contributed by atoms with Crippen molar-refractivity contribution in [3.63, 3.8) is 0 Å². The zero-order valence-corrected chi connectivity index (χ0v) is 12.9. The number of nitrogens with zero attached hydrogens (tertiary/aromatic N) is 3. The molecular weight excluding hydrogens is 330 g/mol. The number of hydrogen-bond donors (Lipinski definition) is 1. The second kappa shape index (κ2) is 7.10.